The van der Waals surface area contributed by atoms with Crippen LogP contribution in [0.1, 0.15) is 31.9 Å². The van der Waals surface area contributed by atoms with Crippen molar-refractivity contribution in [3.05, 3.63) is 82.2 Å². The summed E-state index contributed by atoms with van der Waals surface area (Å²) in [5.74, 6) is 0.386. The maximum atomic E-state index is 13.0. The Balaban J connectivity index is 1.75. The molecule has 3 rings (SSSR count). The van der Waals surface area contributed by atoms with Crippen LogP contribution in [0.15, 0.2) is 59.7 Å². The van der Waals surface area contributed by atoms with Crippen molar-refractivity contribution in [2.24, 2.45) is 0 Å². The maximum absolute atomic E-state index is 13.0. The van der Waals surface area contributed by atoms with Gasteiger partial charge in [-0.1, -0.05) is 19.1 Å². The Kier molecular flexibility index (Phi) is 7.07. The molecule has 0 atom stereocenters. The number of halogens is 1. The highest BCUT2D eigenvalue weighted by Crippen LogP contribution is 2.23. The standard InChI is InChI=1S/C24H27FN2O4/c1-4-18-15-20(9-10-21(18)31-16-24(2,3)29)27-13-12-26-22(23(27)28)30-14-11-17-5-7-19(25)8-6-17/h5-10,12-13,15,29H,4,11,14,16H2,1-3H3. The van der Waals surface area contributed by atoms with Crippen LogP contribution in [-0.2, 0) is 12.8 Å². The van der Waals surface area contributed by atoms with Gasteiger partial charge in [0, 0.05) is 24.5 Å². The molecular formula is C24H27FN2O4. The van der Waals surface area contributed by atoms with Crippen LogP contribution in [0.2, 0.25) is 0 Å². The molecule has 3 aromatic rings. The van der Waals surface area contributed by atoms with Crippen LogP contribution in [0.3, 0.4) is 0 Å². The van der Waals surface area contributed by atoms with Gasteiger partial charge in [0.25, 0.3) is 5.88 Å². The Hall–Kier alpha value is -3.19. The van der Waals surface area contributed by atoms with Gasteiger partial charge < -0.3 is 14.6 Å². The van der Waals surface area contributed by atoms with E-state index in [1.807, 2.05) is 13.0 Å². The monoisotopic (exact) mass is 426 g/mol. The number of benzene rings is 2. The summed E-state index contributed by atoms with van der Waals surface area (Å²) in [6.45, 7) is 5.78. The third-order valence-electron chi connectivity index (χ3n) is 4.64. The molecule has 0 saturated heterocycles. The Morgan fingerprint density at radius 1 is 1.13 bits per heavy atom. The first-order valence-electron chi connectivity index (χ1n) is 10.2. The summed E-state index contributed by atoms with van der Waals surface area (Å²) >= 11 is 0. The van der Waals surface area contributed by atoms with Gasteiger partial charge in [-0.25, -0.2) is 9.37 Å². The average molecular weight is 426 g/mol. The van der Waals surface area contributed by atoms with E-state index in [0.29, 0.717) is 24.3 Å². The molecule has 0 aliphatic heterocycles. The van der Waals surface area contributed by atoms with Crippen molar-refractivity contribution in [1.82, 2.24) is 9.55 Å². The average Bonchev–Trinajstić information content (AvgIpc) is 2.74. The Morgan fingerprint density at radius 3 is 2.55 bits per heavy atom. The Bertz CT molecular complexity index is 1070. The molecular weight excluding hydrogens is 399 g/mol. The molecule has 2 aromatic carbocycles. The highest BCUT2D eigenvalue weighted by atomic mass is 19.1. The van der Waals surface area contributed by atoms with Crippen molar-refractivity contribution < 1.29 is 19.0 Å². The zero-order valence-corrected chi connectivity index (χ0v) is 18.0. The van der Waals surface area contributed by atoms with Crippen LogP contribution < -0.4 is 15.0 Å². The molecule has 0 spiro atoms. The van der Waals surface area contributed by atoms with E-state index in [-0.39, 0.29) is 30.5 Å². The van der Waals surface area contributed by atoms with Crippen LogP contribution in [0.25, 0.3) is 5.69 Å². The summed E-state index contributed by atoms with van der Waals surface area (Å²) in [5.41, 5.74) is 1.19. The largest absolute Gasteiger partial charge is 0.490 e. The van der Waals surface area contributed by atoms with Gasteiger partial charge >= 0.3 is 5.56 Å². The molecule has 31 heavy (non-hydrogen) atoms. The molecule has 0 radical (unpaired) electrons. The molecule has 0 aliphatic rings. The first kappa shape index (κ1) is 22.5. The number of aryl methyl sites for hydroxylation is 1. The van der Waals surface area contributed by atoms with Gasteiger partial charge in [-0.05, 0) is 61.7 Å². The van der Waals surface area contributed by atoms with Gasteiger partial charge in [0.15, 0.2) is 0 Å². The second-order valence-electron chi connectivity index (χ2n) is 7.88. The van der Waals surface area contributed by atoms with Gasteiger partial charge in [-0.2, -0.15) is 0 Å². The van der Waals surface area contributed by atoms with E-state index in [4.69, 9.17) is 9.47 Å². The van der Waals surface area contributed by atoms with E-state index in [1.54, 1.807) is 44.3 Å². The molecule has 1 N–H and O–H groups in total. The first-order chi connectivity index (χ1) is 14.8. The number of rotatable bonds is 9. The fourth-order valence-corrected chi connectivity index (χ4v) is 3.00. The third kappa shape index (κ3) is 6.15. The molecule has 0 fully saturated rings. The zero-order chi connectivity index (χ0) is 22.4. The second-order valence-corrected chi connectivity index (χ2v) is 7.88. The van der Waals surface area contributed by atoms with Crippen molar-refractivity contribution in [2.45, 2.75) is 39.2 Å². The molecule has 1 heterocycles. The summed E-state index contributed by atoms with van der Waals surface area (Å²) in [6.07, 6.45) is 4.33. The highest BCUT2D eigenvalue weighted by molar-refractivity contribution is 5.44. The molecule has 0 aliphatic carbocycles. The number of hydrogen-bond acceptors (Lipinski definition) is 5. The summed E-state index contributed by atoms with van der Waals surface area (Å²) in [7, 11) is 0. The normalized spacial score (nSPS) is 11.4. The Morgan fingerprint density at radius 2 is 1.87 bits per heavy atom. The van der Waals surface area contributed by atoms with Gasteiger partial charge in [0.1, 0.15) is 18.2 Å². The minimum atomic E-state index is -0.939. The van der Waals surface area contributed by atoms with Crippen molar-refractivity contribution in [3.63, 3.8) is 0 Å². The van der Waals surface area contributed by atoms with Gasteiger partial charge in [-0.15, -0.1) is 0 Å². The number of aromatic nitrogens is 2. The van der Waals surface area contributed by atoms with Gasteiger partial charge in [0.2, 0.25) is 0 Å². The van der Waals surface area contributed by atoms with Crippen molar-refractivity contribution in [1.29, 1.82) is 0 Å². The van der Waals surface area contributed by atoms with Crippen LogP contribution in [0.4, 0.5) is 4.39 Å². The number of hydrogen-bond donors (Lipinski definition) is 1. The van der Waals surface area contributed by atoms with E-state index >= 15 is 0 Å². The molecule has 1 aromatic heterocycles. The van der Waals surface area contributed by atoms with Crippen molar-refractivity contribution in [3.8, 4) is 17.3 Å². The van der Waals surface area contributed by atoms with Gasteiger partial charge in [-0.3, -0.25) is 9.36 Å². The minimum absolute atomic E-state index is 0.00465. The molecule has 6 nitrogen and oxygen atoms in total. The molecule has 0 saturated carbocycles. The van der Waals surface area contributed by atoms with E-state index in [2.05, 4.69) is 4.98 Å². The van der Waals surface area contributed by atoms with E-state index in [9.17, 15) is 14.3 Å². The fraction of sp³-hybridized carbons (Fsp3) is 0.333. The molecule has 164 valence electrons. The summed E-state index contributed by atoms with van der Waals surface area (Å²) in [6, 6.07) is 11.6. The molecule has 0 bridgehead atoms. The predicted octanol–water partition coefficient (Wildman–Crippen LogP) is 3.71. The quantitative estimate of drug-likeness (QED) is 0.565. The topological polar surface area (TPSA) is 73.6 Å². The van der Waals surface area contributed by atoms with Crippen molar-refractivity contribution >= 4 is 0 Å². The summed E-state index contributed by atoms with van der Waals surface area (Å²) in [4.78, 5) is 16.9. The van der Waals surface area contributed by atoms with E-state index < -0.39 is 5.60 Å². The summed E-state index contributed by atoms with van der Waals surface area (Å²) in [5, 5.41) is 9.89. The number of aliphatic hydroxyl groups is 1. The highest BCUT2D eigenvalue weighted by Gasteiger charge is 2.15. The minimum Gasteiger partial charge on any atom is -0.490 e. The third-order valence-corrected chi connectivity index (χ3v) is 4.64. The first-order valence-corrected chi connectivity index (χ1v) is 10.2. The van der Waals surface area contributed by atoms with Crippen molar-refractivity contribution in [2.75, 3.05) is 13.2 Å². The molecule has 0 unspecified atom stereocenters. The lowest BCUT2D eigenvalue weighted by atomic mass is 10.1. The number of nitrogens with zero attached hydrogens (tertiary/aromatic N) is 2. The summed E-state index contributed by atoms with van der Waals surface area (Å²) < 4.78 is 25.8. The second kappa shape index (κ2) is 9.75. The number of ether oxygens (including phenoxy) is 2. The molecule has 7 heteroatoms. The Labute approximate surface area is 180 Å². The van der Waals surface area contributed by atoms with Crippen LogP contribution >= 0.6 is 0 Å². The van der Waals surface area contributed by atoms with Crippen LogP contribution in [0.5, 0.6) is 11.6 Å². The SMILES string of the molecule is CCc1cc(-n2ccnc(OCCc3ccc(F)cc3)c2=O)ccc1OCC(C)(C)O. The zero-order valence-electron chi connectivity index (χ0n) is 18.0. The smallest absolute Gasteiger partial charge is 0.317 e. The van der Waals surface area contributed by atoms with Crippen LogP contribution in [0, 0.1) is 5.82 Å². The van der Waals surface area contributed by atoms with Gasteiger partial charge in [0.05, 0.1) is 12.2 Å². The fourth-order valence-electron chi connectivity index (χ4n) is 3.00. The van der Waals surface area contributed by atoms with E-state index in [0.717, 1.165) is 11.1 Å². The predicted molar refractivity (Wildman–Crippen MR) is 117 cm³/mol. The molecule has 0 amide bonds. The lowest BCUT2D eigenvalue weighted by Gasteiger charge is -2.20. The maximum Gasteiger partial charge on any atom is 0.317 e. The van der Waals surface area contributed by atoms with Crippen LogP contribution in [-0.4, -0.2) is 33.5 Å². The van der Waals surface area contributed by atoms with E-state index in [1.165, 1.54) is 22.9 Å². The lowest BCUT2D eigenvalue weighted by molar-refractivity contribution is 0.0282. The lowest BCUT2D eigenvalue weighted by Crippen LogP contribution is -2.28.